The molecule has 0 aromatic carbocycles. The van der Waals surface area contributed by atoms with Gasteiger partial charge in [-0.25, -0.2) is 0 Å². The van der Waals surface area contributed by atoms with Gasteiger partial charge in [0.2, 0.25) is 0 Å². The standard InChI is InChI=1S/C20H30O4/c1-16-6-3-7-19(12-24-15(16)21)14(16)5-8-18-10-13(17(2,22)11-18)4-9-20(18,19)23/h13-14,22-23H,3-12H2,1-2H3/t13?,14-,16-,17-,18?,19+,20+/m1/s1. The average molecular weight is 334 g/mol. The second kappa shape index (κ2) is 4.20. The van der Waals surface area contributed by atoms with E-state index in [1.807, 2.05) is 6.92 Å². The van der Waals surface area contributed by atoms with Crippen LogP contribution < -0.4 is 0 Å². The first-order valence-corrected chi connectivity index (χ1v) is 9.81. The zero-order chi connectivity index (χ0) is 17.0. The van der Waals surface area contributed by atoms with Crippen molar-refractivity contribution in [1.82, 2.24) is 0 Å². The second-order valence-corrected chi connectivity index (χ2v) is 10.2. The van der Waals surface area contributed by atoms with Gasteiger partial charge in [0.05, 0.1) is 23.2 Å². The summed E-state index contributed by atoms with van der Waals surface area (Å²) in [5.74, 6) is 0.499. The third-order valence-electron chi connectivity index (χ3n) is 9.36. The molecule has 1 spiro atoms. The molecule has 2 unspecified atom stereocenters. The van der Waals surface area contributed by atoms with Crippen LogP contribution in [-0.2, 0) is 9.53 Å². The van der Waals surface area contributed by atoms with Crippen molar-refractivity contribution in [3.05, 3.63) is 0 Å². The fourth-order valence-corrected chi connectivity index (χ4v) is 8.28. The lowest BCUT2D eigenvalue weighted by Gasteiger charge is -2.69. The number of esters is 1. The molecule has 134 valence electrons. The number of aliphatic hydroxyl groups is 2. The number of hydrogen-bond acceptors (Lipinski definition) is 4. The van der Waals surface area contributed by atoms with Crippen molar-refractivity contribution < 1.29 is 19.7 Å². The molecular weight excluding hydrogens is 304 g/mol. The molecule has 5 rings (SSSR count). The number of carbonyl (C=O) groups excluding carboxylic acids is 1. The summed E-state index contributed by atoms with van der Waals surface area (Å²) in [7, 11) is 0. The molecule has 2 N–H and O–H groups in total. The lowest BCUT2D eigenvalue weighted by molar-refractivity contribution is -0.299. The second-order valence-electron chi connectivity index (χ2n) is 10.2. The van der Waals surface area contributed by atoms with Gasteiger partial charge in [0.25, 0.3) is 0 Å². The highest BCUT2D eigenvalue weighted by Gasteiger charge is 2.77. The molecule has 4 heteroatoms. The highest BCUT2D eigenvalue weighted by molar-refractivity contribution is 5.78. The fourth-order valence-electron chi connectivity index (χ4n) is 8.28. The first-order valence-electron chi connectivity index (χ1n) is 9.81. The lowest BCUT2D eigenvalue weighted by atomic mass is 9.38. The zero-order valence-electron chi connectivity index (χ0n) is 14.9. The first-order chi connectivity index (χ1) is 11.2. The van der Waals surface area contributed by atoms with Crippen molar-refractivity contribution >= 4 is 5.97 Å². The summed E-state index contributed by atoms with van der Waals surface area (Å²) in [4.78, 5) is 12.6. The van der Waals surface area contributed by atoms with Crippen LogP contribution in [0, 0.1) is 28.1 Å². The molecule has 0 aromatic rings. The highest BCUT2D eigenvalue weighted by atomic mass is 16.5. The molecule has 0 radical (unpaired) electrons. The van der Waals surface area contributed by atoms with Gasteiger partial charge < -0.3 is 14.9 Å². The quantitative estimate of drug-likeness (QED) is 0.669. The summed E-state index contributed by atoms with van der Waals surface area (Å²) in [6, 6.07) is 0. The summed E-state index contributed by atoms with van der Waals surface area (Å²) < 4.78 is 5.72. The van der Waals surface area contributed by atoms with E-state index in [1.54, 1.807) is 0 Å². The molecule has 4 aliphatic carbocycles. The number of carbonyl (C=O) groups is 1. The van der Waals surface area contributed by atoms with Crippen molar-refractivity contribution in [2.45, 2.75) is 82.8 Å². The Morgan fingerprint density at radius 1 is 1.08 bits per heavy atom. The van der Waals surface area contributed by atoms with Crippen LogP contribution in [0.1, 0.15) is 71.6 Å². The number of ether oxygens (including phenoxy) is 1. The minimum atomic E-state index is -0.789. The van der Waals surface area contributed by atoms with E-state index < -0.39 is 16.6 Å². The topological polar surface area (TPSA) is 66.8 Å². The van der Waals surface area contributed by atoms with Crippen molar-refractivity contribution in [3.63, 3.8) is 0 Å². The molecule has 4 saturated carbocycles. The van der Waals surface area contributed by atoms with Crippen LogP contribution in [0.3, 0.4) is 0 Å². The van der Waals surface area contributed by atoms with E-state index in [9.17, 15) is 15.0 Å². The van der Waals surface area contributed by atoms with E-state index in [0.717, 1.165) is 51.4 Å². The van der Waals surface area contributed by atoms with Gasteiger partial charge in [0.15, 0.2) is 0 Å². The third-order valence-corrected chi connectivity index (χ3v) is 9.36. The predicted molar refractivity (Wildman–Crippen MR) is 88.0 cm³/mol. The van der Waals surface area contributed by atoms with Crippen LogP contribution in [0.5, 0.6) is 0 Å². The number of cyclic esters (lactones) is 1. The Balaban J connectivity index is 1.66. The van der Waals surface area contributed by atoms with Gasteiger partial charge in [-0.2, -0.15) is 0 Å². The van der Waals surface area contributed by atoms with Gasteiger partial charge in [-0.15, -0.1) is 0 Å². The maximum absolute atomic E-state index is 12.6. The van der Waals surface area contributed by atoms with Crippen molar-refractivity contribution in [2.75, 3.05) is 6.61 Å². The molecular formula is C20H30O4. The Morgan fingerprint density at radius 3 is 2.67 bits per heavy atom. The maximum atomic E-state index is 12.6. The molecule has 4 bridgehead atoms. The summed E-state index contributed by atoms with van der Waals surface area (Å²) >= 11 is 0. The largest absolute Gasteiger partial charge is 0.465 e. The van der Waals surface area contributed by atoms with Gasteiger partial charge >= 0.3 is 5.97 Å². The average Bonchev–Trinajstić information content (AvgIpc) is 2.74. The Labute approximate surface area is 144 Å². The van der Waals surface area contributed by atoms with Gasteiger partial charge in [-0.1, -0.05) is 6.42 Å². The lowest BCUT2D eigenvalue weighted by Crippen LogP contribution is -2.73. The number of fused-ring (bicyclic) bond motifs is 1. The molecule has 5 fully saturated rings. The molecule has 1 heterocycles. The first kappa shape index (κ1) is 15.6. The van der Waals surface area contributed by atoms with Crippen molar-refractivity contribution in [2.24, 2.45) is 28.1 Å². The summed E-state index contributed by atoms with van der Waals surface area (Å²) in [5.41, 5.74) is -2.35. The minimum Gasteiger partial charge on any atom is -0.465 e. The van der Waals surface area contributed by atoms with Gasteiger partial charge in [-0.05, 0) is 77.0 Å². The van der Waals surface area contributed by atoms with Crippen LogP contribution >= 0.6 is 0 Å². The molecule has 0 aromatic heterocycles. The molecule has 1 aliphatic heterocycles. The monoisotopic (exact) mass is 334 g/mol. The fraction of sp³-hybridized carbons (Fsp3) is 0.950. The zero-order valence-corrected chi connectivity index (χ0v) is 14.9. The Morgan fingerprint density at radius 2 is 1.88 bits per heavy atom. The normalized spacial score (nSPS) is 61.8. The Hall–Kier alpha value is -0.610. The van der Waals surface area contributed by atoms with Gasteiger partial charge in [-0.3, -0.25) is 4.79 Å². The minimum absolute atomic E-state index is 0.0468. The van der Waals surface area contributed by atoms with E-state index in [1.165, 1.54) is 0 Å². The predicted octanol–water partition coefficient (Wildman–Crippen LogP) is 2.80. The SMILES string of the molecule is C[C@]12CCC[C@]3(COC1=O)[C@@H]2CCC12CC(CC[C@]13O)[C@](C)(O)C2. The van der Waals surface area contributed by atoms with Gasteiger partial charge in [0, 0.05) is 10.8 Å². The number of hydrogen-bond donors (Lipinski definition) is 2. The molecule has 24 heavy (non-hydrogen) atoms. The summed E-state index contributed by atoms with van der Waals surface area (Å²) in [6.45, 7) is 4.43. The van der Waals surface area contributed by atoms with E-state index >= 15 is 0 Å². The van der Waals surface area contributed by atoms with Crippen molar-refractivity contribution in [3.8, 4) is 0 Å². The summed E-state index contributed by atoms with van der Waals surface area (Å²) in [5, 5.41) is 23.1. The highest BCUT2D eigenvalue weighted by Crippen LogP contribution is 2.75. The van der Waals surface area contributed by atoms with E-state index in [2.05, 4.69) is 6.92 Å². The Bertz CT molecular complexity index is 615. The van der Waals surface area contributed by atoms with E-state index in [-0.39, 0.29) is 22.7 Å². The molecule has 0 amide bonds. The van der Waals surface area contributed by atoms with Crippen molar-refractivity contribution in [1.29, 1.82) is 0 Å². The van der Waals surface area contributed by atoms with Crippen LogP contribution in [0.15, 0.2) is 0 Å². The van der Waals surface area contributed by atoms with E-state index in [0.29, 0.717) is 18.9 Å². The van der Waals surface area contributed by atoms with Crippen LogP contribution in [0.2, 0.25) is 0 Å². The summed E-state index contributed by atoms with van der Waals surface area (Å²) in [6.07, 6.45) is 8.11. The van der Waals surface area contributed by atoms with Crippen LogP contribution in [-0.4, -0.2) is 34.0 Å². The smallest absolute Gasteiger partial charge is 0.312 e. The molecule has 5 aliphatic rings. The Kier molecular flexibility index (Phi) is 2.73. The van der Waals surface area contributed by atoms with E-state index in [4.69, 9.17) is 4.74 Å². The maximum Gasteiger partial charge on any atom is 0.312 e. The molecule has 7 atom stereocenters. The van der Waals surface area contributed by atoms with Gasteiger partial charge in [0.1, 0.15) is 0 Å². The number of rotatable bonds is 0. The molecule has 1 saturated heterocycles. The molecule has 4 nitrogen and oxygen atoms in total. The van der Waals surface area contributed by atoms with Crippen LogP contribution in [0.4, 0.5) is 0 Å². The third kappa shape index (κ3) is 1.45. The van der Waals surface area contributed by atoms with Crippen LogP contribution in [0.25, 0.3) is 0 Å².